The summed E-state index contributed by atoms with van der Waals surface area (Å²) in [5.41, 5.74) is 8.12. The average molecular weight is 443 g/mol. The van der Waals surface area contributed by atoms with Gasteiger partial charge in [-0.15, -0.1) is 0 Å². The van der Waals surface area contributed by atoms with Gasteiger partial charge in [0.1, 0.15) is 5.82 Å². The van der Waals surface area contributed by atoms with Crippen LogP contribution in [0.5, 0.6) is 0 Å². The van der Waals surface area contributed by atoms with Gasteiger partial charge in [-0.25, -0.2) is 14.2 Å². The number of nitrogens with two attached hydrogens (primary N) is 1. The second-order valence-electron chi connectivity index (χ2n) is 7.71. The van der Waals surface area contributed by atoms with E-state index < -0.39 is 6.03 Å². The van der Waals surface area contributed by atoms with Crippen LogP contribution in [0.1, 0.15) is 18.4 Å². The molecule has 0 aliphatic carbocycles. The summed E-state index contributed by atoms with van der Waals surface area (Å²) in [6.45, 7) is 3.53. The van der Waals surface area contributed by atoms with Crippen LogP contribution in [-0.2, 0) is 6.54 Å². The zero-order valence-corrected chi connectivity index (χ0v) is 18.1. The molecule has 1 saturated heterocycles. The zero-order chi connectivity index (χ0) is 21.6. The molecule has 1 aliphatic rings. The number of likely N-dealkylation sites (tertiary alicyclic amines) is 1. The Balaban J connectivity index is 1.39. The van der Waals surface area contributed by atoms with Crippen molar-refractivity contribution in [3.63, 3.8) is 0 Å². The Hall–Kier alpha value is -2.78. The van der Waals surface area contributed by atoms with Crippen LogP contribution in [0.25, 0.3) is 11.0 Å². The molecule has 0 bridgehead atoms. The Labute approximate surface area is 185 Å². The van der Waals surface area contributed by atoms with E-state index in [9.17, 15) is 9.18 Å². The second-order valence-corrected chi connectivity index (χ2v) is 8.61. The molecule has 2 aromatic carbocycles. The summed E-state index contributed by atoms with van der Waals surface area (Å²) in [7, 11) is 0. The monoisotopic (exact) mass is 442 g/mol. The van der Waals surface area contributed by atoms with Crippen LogP contribution in [0.4, 0.5) is 15.1 Å². The van der Waals surface area contributed by atoms with Gasteiger partial charge in [-0.05, 0) is 54.6 Å². The van der Waals surface area contributed by atoms with Crippen LogP contribution in [0.15, 0.2) is 48.5 Å². The number of aromatic nitrogens is 2. The molecule has 1 aliphatic heterocycles. The Morgan fingerprint density at radius 3 is 2.65 bits per heavy atom. The fraction of sp³-hybridized carbons (Fsp3) is 0.364. The Morgan fingerprint density at radius 2 is 1.90 bits per heavy atom. The van der Waals surface area contributed by atoms with E-state index in [0.29, 0.717) is 12.6 Å². The number of amides is 2. The van der Waals surface area contributed by atoms with E-state index in [-0.39, 0.29) is 5.82 Å². The maximum absolute atomic E-state index is 13.3. The number of rotatable bonds is 8. The number of piperidine rings is 1. The average Bonchev–Trinajstić information content (AvgIpc) is 3.11. The lowest BCUT2D eigenvalue weighted by Gasteiger charge is -2.32. The summed E-state index contributed by atoms with van der Waals surface area (Å²) in [6.07, 6.45) is 2.04. The van der Waals surface area contributed by atoms with E-state index in [1.54, 1.807) is 0 Å². The van der Waals surface area contributed by atoms with Gasteiger partial charge in [0.25, 0.3) is 0 Å². The number of carbonyl (C=O) groups is 1. The maximum Gasteiger partial charge on any atom is 0.322 e. The molecule has 3 aromatic rings. The van der Waals surface area contributed by atoms with Crippen molar-refractivity contribution in [1.82, 2.24) is 19.2 Å². The number of nitrogens with one attached hydrogen (secondary N) is 2. The summed E-state index contributed by atoms with van der Waals surface area (Å²) in [6, 6.07) is 14.5. The number of halogens is 1. The lowest BCUT2D eigenvalue weighted by Crippen LogP contribution is -2.40. The van der Waals surface area contributed by atoms with Crippen molar-refractivity contribution >= 4 is 35.0 Å². The largest absolute Gasteiger partial charge is 0.353 e. The first-order valence-corrected chi connectivity index (χ1v) is 11.4. The van der Waals surface area contributed by atoms with Crippen molar-refractivity contribution < 1.29 is 9.18 Å². The maximum atomic E-state index is 13.3. The third-order valence-corrected chi connectivity index (χ3v) is 6.24. The molecule has 2 heterocycles. The summed E-state index contributed by atoms with van der Waals surface area (Å²) in [5.74, 6) is 1.44. The normalized spacial score (nSPS) is 15.3. The first-order chi connectivity index (χ1) is 15.1. The highest BCUT2D eigenvalue weighted by atomic mass is 32.2. The summed E-state index contributed by atoms with van der Waals surface area (Å²) in [4.78, 5) is 18.0. The highest BCUT2D eigenvalue weighted by molar-refractivity contribution is 7.97. The number of para-hydroxylation sites is 2. The molecule has 2 amide bonds. The van der Waals surface area contributed by atoms with Gasteiger partial charge in [0, 0.05) is 31.4 Å². The van der Waals surface area contributed by atoms with Crippen molar-refractivity contribution in [2.45, 2.75) is 25.4 Å². The van der Waals surface area contributed by atoms with Crippen LogP contribution >= 0.6 is 11.9 Å². The molecule has 0 atom stereocenters. The van der Waals surface area contributed by atoms with Crippen LogP contribution in [0.3, 0.4) is 0 Å². The number of primary amides is 1. The van der Waals surface area contributed by atoms with E-state index >= 15 is 0 Å². The third-order valence-electron chi connectivity index (χ3n) is 5.51. The molecule has 31 heavy (non-hydrogen) atoms. The smallest absolute Gasteiger partial charge is 0.322 e. The molecule has 0 radical (unpaired) electrons. The minimum atomic E-state index is -0.503. The fourth-order valence-electron chi connectivity index (χ4n) is 3.90. The number of urea groups is 1. The van der Waals surface area contributed by atoms with Crippen molar-refractivity contribution in [1.29, 1.82) is 0 Å². The Morgan fingerprint density at radius 1 is 1.16 bits per heavy atom. The lowest BCUT2D eigenvalue weighted by molar-refractivity contribution is 0.231. The number of carbonyl (C=O) groups excluding carboxylic acids is 1. The molecule has 1 aromatic heterocycles. The van der Waals surface area contributed by atoms with Gasteiger partial charge in [0.15, 0.2) is 0 Å². The number of fused-ring (bicyclic) bond motifs is 1. The predicted octanol–water partition coefficient (Wildman–Crippen LogP) is 3.42. The molecule has 4 rings (SSSR count). The Bertz CT molecular complexity index is 1020. The highest BCUT2D eigenvalue weighted by Crippen LogP contribution is 2.24. The second kappa shape index (κ2) is 10.0. The molecule has 0 unspecified atom stereocenters. The van der Waals surface area contributed by atoms with Crippen LogP contribution in [-0.4, -0.2) is 51.9 Å². The molecule has 7 nitrogen and oxygen atoms in total. The van der Waals surface area contributed by atoms with E-state index in [2.05, 4.69) is 25.6 Å². The molecular weight excluding hydrogens is 415 g/mol. The summed E-state index contributed by atoms with van der Waals surface area (Å²) < 4.78 is 18.0. The quantitative estimate of drug-likeness (QED) is 0.368. The van der Waals surface area contributed by atoms with E-state index in [0.717, 1.165) is 60.8 Å². The third kappa shape index (κ3) is 5.68. The number of imidazole rings is 1. The number of hydrogen-bond acceptors (Lipinski definition) is 5. The minimum Gasteiger partial charge on any atom is -0.353 e. The van der Waals surface area contributed by atoms with Crippen molar-refractivity contribution in [3.05, 3.63) is 59.9 Å². The van der Waals surface area contributed by atoms with Crippen LogP contribution < -0.4 is 15.8 Å². The number of hydrogen-bond donors (Lipinski definition) is 3. The number of benzene rings is 2. The van der Waals surface area contributed by atoms with E-state index in [1.165, 1.54) is 24.1 Å². The van der Waals surface area contributed by atoms with E-state index in [4.69, 9.17) is 10.7 Å². The summed E-state index contributed by atoms with van der Waals surface area (Å²) in [5, 5.41) is 3.65. The highest BCUT2D eigenvalue weighted by Gasteiger charge is 2.21. The molecule has 0 spiro atoms. The van der Waals surface area contributed by atoms with Gasteiger partial charge < -0.3 is 20.5 Å². The summed E-state index contributed by atoms with van der Waals surface area (Å²) >= 11 is 1.35. The SMILES string of the molecule is NC(=O)NSCCN1CCC(Nc2nc3ccccc3n2Cc2ccc(F)cc2)CC1. The predicted molar refractivity (Wildman–Crippen MR) is 123 cm³/mol. The minimum absolute atomic E-state index is 0.229. The van der Waals surface area contributed by atoms with Gasteiger partial charge in [-0.3, -0.25) is 4.72 Å². The van der Waals surface area contributed by atoms with Crippen LogP contribution in [0.2, 0.25) is 0 Å². The lowest BCUT2D eigenvalue weighted by atomic mass is 10.1. The first kappa shape index (κ1) is 21.5. The van der Waals surface area contributed by atoms with Gasteiger partial charge in [-0.2, -0.15) is 0 Å². The molecule has 164 valence electrons. The number of nitrogens with zero attached hydrogens (tertiary/aromatic N) is 3. The molecular formula is C22H27FN6OS. The van der Waals surface area contributed by atoms with Gasteiger partial charge >= 0.3 is 6.03 Å². The number of anilines is 1. The zero-order valence-electron chi connectivity index (χ0n) is 17.3. The van der Waals surface area contributed by atoms with Crippen molar-refractivity contribution in [2.24, 2.45) is 5.73 Å². The molecule has 0 saturated carbocycles. The van der Waals surface area contributed by atoms with Gasteiger partial charge in [0.2, 0.25) is 5.95 Å². The van der Waals surface area contributed by atoms with Gasteiger partial charge in [-0.1, -0.05) is 24.3 Å². The molecule has 9 heteroatoms. The van der Waals surface area contributed by atoms with Gasteiger partial charge in [0.05, 0.1) is 17.6 Å². The fourth-order valence-corrected chi connectivity index (χ4v) is 4.49. The van der Waals surface area contributed by atoms with Crippen molar-refractivity contribution in [3.8, 4) is 0 Å². The standard InChI is InChI=1S/C22H27FN6OS/c23-17-7-5-16(6-8-17)15-29-20-4-2-1-3-19(20)26-22(29)25-18-9-11-28(12-10-18)13-14-31-27-21(24)30/h1-8,18H,9-15H2,(H,25,26)(H3,24,27,30). The van der Waals surface area contributed by atoms with Crippen LogP contribution in [0, 0.1) is 5.82 Å². The Kier molecular flexibility index (Phi) is 6.93. The molecule has 1 fully saturated rings. The first-order valence-electron chi connectivity index (χ1n) is 10.4. The molecule has 4 N–H and O–H groups in total. The topological polar surface area (TPSA) is 88.2 Å². The van der Waals surface area contributed by atoms with Crippen molar-refractivity contribution in [2.75, 3.05) is 30.7 Å². The van der Waals surface area contributed by atoms with E-state index in [1.807, 2.05) is 30.3 Å².